The molecule has 8 aromatic rings. The van der Waals surface area contributed by atoms with E-state index in [0.717, 1.165) is 70.1 Å². The molecule has 2 atom stereocenters. The lowest BCUT2D eigenvalue weighted by molar-refractivity contribution is -0.119. The number of carbonyl (C=O) groups is 2. The van der Waals surface area contributed by atoms with Crippen molar-refractivity contribution in [1.82, 2.24) is 49.5 Å². The van der Waals surface area contributed by atoms with Crippen molar-refractivity contribution in [2.75, 3.05) is 25.6 Å². The lowest BCUT2D eigenvalue weighted by atomic mass is 9.94. The first-order valence-electron chi connectivity index (χ1n) is 22.6. The van der Waals surface area contributed by atoms with Crippen LogP contribution >= 0.6 is 11.6 Å². The third-order valence-electron chi connectivity index (χ3n) is 11.3. The van der Waals surface area contributed by atoms with Crippen LogP contribution in [0.25, 0.3) is 31.8 Å². The molecular formula is C51H51ClN14O4. The van der Waals surface area contributed by atoms with E-state index in [1.54, 1.807) is 54.8 Å². The van der Waals surface area contributed by atoms with Crippen molar-refractivity contribution >= 4 is 62.6 Å². The fraction of sp³-hybridized carbons (Fsp3) is 0.294. The zero-order chi connectivity index (χ0) is 49.6. The van der Waals surface area contributed by atoms with E-state index in [1.807, 2.05) is 59.5 Å². The standard InChI is InChI=1S/C24H21N7O.C18H14ClN5O.C6H8N2.C3H8O2/c1-3-9-31-14-19-22(21-18-11-17(25-2)7-6-16(18)10-20(21)32)28-24(29-23(19)30-31)27-13-15-5-4-8-26-12-15;1-3-6-24-9-13-16(21-18(19)22-17(13)23-24)15-12-8-11(20-2)5-4-10(12)7-14(15)25;7-4-6-2-1-3-8-5-6;1-5-3-2-4/h4-8,11-12,14,21H,3,9-10,13H2,1H3,(H,27,29,30);4-5,8-9,15H,3,6-7H2,1H3;1-3,5H,4,7H2;4H,2-3H2,1H3. The van der Waals surface area contributed by atoms with Gasteiger partial charge in [0.25, 0.3) is 0 Å². The first-order chi connectivity index (χ1) is 34.1. The number of aliphatic hydroxyl groups is 1. The Kier molecular flexibility index (Phi) is 17.1. The number of rotatable bonds is 12. The zero-order valence-electron chi connectivity index (χ0n) is 39.0. The van der Waals surface area contributed by atoms with Gasteiger partial charge >= 0.3 is 0 Å². The van der Waals surface area contributed by atoms with Gasteiger partial charge < -0.3 is 20.9 Å². The minimum Gasteiger partial charge on any atom is -0.394 e. The average Bonchev–Trinajstić information content (AvgIpc) is 4.15. The van der Waals surface area contributed by atoms with Crippen molar-refractivity contribution < 1.29 is 19.4 Å². The van der Waals surface area contributed by atoms with Gasteiger partial charge in [0.1, 0.15) is 0 Å². The maximum Gasteiger partial charge on any atom is 0.225 e. The number of Topliss-reactive ketones (excluding diaryl/α,β-unsaturated/α-hetero) is 2. The van der Waals surface area contributed by atoms with Crippen molar-refractivity contribution in [1.29, 1.82) is 0 Å². The topological polar surface area (TPSA) is 223 Å². The second-order valence-electron chi connectivity index (χ2n) is 16.2. The fourth-order valence-electron chi connectivity index (χ4n) is 8.11. The summed E-state index contributed by atoms with van der Waals surface area (Å²) >= 11 is 6.09. The number of halogens is 1. The van der Waals surface area contributed by atoms with E-state index in [4.69, 9.17) is 40.6 Å². The third-order valence-corrected chi connectivity index (χ3v) is 11.4. The van der Waals surface area contributed by atoms with E-state index in [-0.39, 0.29) is 23.5 Å². The smallest absolute Gasteiger partial charge is 0.225 e. The molecule has 0 bridgehead atoms. The number of nitrogens with two attached hydrogens (primary N) is 1. The number of anilines is 1. The maximum absolute atomic E-state index is 13.1. The molecule has 2 aliphatic carbocycles. The number of aliphatic hydroxyl groups excluding tert-OH is 1. The van der Waals surface area contributed by atoms with Crippen molar-refractivity contribution in [3.8, 4) is 0 Å². The van der Waals surface area contributed by atoms with Gasteiger partial charge in [0.15, 0.2) is 34.2 Å². The van der Waals surface area contributed by atoms with Gasteiger partial charge in [-0.25, -0.2) is 19.7 Å². The molecule has 4 N–H and O–H groups in total. The highest BCUT2D eigenvalue weighted by Crippen LogP contribution is 2.41. The van der Waals surface area contributed by atoms with Gasteiger partial charge in [-0.15, -0.1) is 0 Å². The molecule has 18 nitrogen and oxygen atoms in total. The Hall–Kier alpha value is -7.87. The number of fused-ring (bicyclic) bond motifs is 4. The van der Waals surface area contributed by atoms with Crippen molar-refractivity contribution in [2.24, 2.45) is 5.73 Å². The minimum atomic E-state index is -0.532. The molecule has 6 heterocycles. The van der Waals surface area contributed by atoms with Gasteiger partial charge in [0.2, 0.25) is 11.2 Å². The van der Waals surface area contributed by atoms with Crippen LogP contribution in [0.3, 0.4) is 0 Å². The van der Waals surface area contributed by atoms with Crippen LogP contribution in [0.2, 0.25) is 5.28 Å². The van der Waals surface area contributed by atoms with E-state index in [0.29, 0.717) is 72.5 Å². The highest BCUT2D eigenvalue weighted by Gasteiger charge is 2.36. The normalized spacial score (nSPS) is 14.3. The van der Waals surface area contributed by atoms with E-state index in [1.165, 1.54) is 0 Å². The van der Waals surface area contributed by atoms with Crippen LogP contribution in [0.1, 0.15) is 83.3 Å². The number of nitrogens with one attached hydrogen (secondary N) is 1. The number of carbonyl (C=O) groups excluding carboxylic acids is 2. The molecule has 2 unspecified atom stereocenters. The molecule has 0 fully saturated rings. The van der Waals surface area contributed by atoms with E-state index in [2.05, 4.69) is 68.7 Å². The fourth-order valence-corrected chi connectivity index (χ4v) is 8.28. The number of pyridine rings is 2. The maximum atomic E-state index is 13.1. The molecule has 356 valence electrons. The summed E-state index contributed by atoms with van der Waals surface area (Å²) in [5.41, 5.74) is 14.2. The van der Waals surface area contributed by atoms with Crippen LogP contribution < -0.4 is 11.1 Å². The van der Waals surface area contributed by atoms with E-state index >= 15 is 0 Å². The summed E-state index contributed by atoms with van der Waals surface area (Å²) < 4.78 is 8.09. The molecule has 10 rings (SSSR count). The molecule has 70 heavy (non-hydrogen) atoms. The van der Waals surface area contributed by atoms with Crippen LogP contribution in [0, 0.1) is 13.1 Å². The Morgan fingerprint density at radius 2 is 1.30 bits per heavy atom. The molecule has 0 radical (unpaired) electrons. The molecule has 2 aliphatic rings. The molecule has 0 amide bonds. The van der Waals surface area contributed by atoms with Gasteiger partial charge in [-0.2, -0.15) is 20.2 Å². The third kappa shape index (κ3) is 11.9. The average molecular weight is 960 g/mol. The Bertz CT molecular complexity index is 3180. The van der Waals surface area contributed by atoms with Gasteiger partial charge in [-0.05, 0) is 70.0 Å². The van der Waals surface area contributed by atoms with Crippen molar-refractivity contribution in [2.45, 2.75) is 77.5 Å². The molecule has 6 aromatic heterocycles. The van der Waals surface area contributed by atoms with Gasteiger partial charge in [0.05, 0.1) is 60.4 Å². The predicted octanol–water partition coefficient (Wildman–Crippen LogP) is 7.91. The number of ketones is 2. The second kappa shape index (κ2) is 23.9. The van der Waals surface area contributed by atoms with E-state index in [9.17, 15) is 9.59 Å². The number of ether oxygens (including phenoxy) is 1. The van der Waals surface area contributed by atoms with Crippen LogP contribution in [-0.2, 0) is 53.3 Å². The Morgan fingerprint density at radius 3 is 1.74 bits per heavy atom. The summed E-state index contributed by atoms with van der Waals surface area (Å²) in [6, 6.07) is 18.5. The summed E-state index contributed by atoms with van der Waals surface area (Å²) in [5, 5.41) is 21.8. The zero-order valence-corrected chi connectivity index (χ0v) is 39.7. The summed E-state index contributed by atoms with van der Waals surface area (Å²) in [6.45, 7) is 21.9. The summed E-state index contributed by atoms with van der Waals surface area (Å²) in [6.07, 6.45) is 13.3. The van der Waals surface area contributed by atoms with Crippen LogP contribution in [0.15, 0.2) is 97.8 Å². The molecule has 0 spiro atoms. The predicted molar refractivity (Wildman–Crippen MR) is 265 cm³/mol. The highest BCUT2D eigenvalue weighted by atomic mass is 35.5. The first kappa shape index (κ1) is 50.0. The van der Waals surface area contributed by atoms with Gasteiger partial charge in [-0.1, -0.05) is 62.4 Å². The Balaban J connectivity index is 0.000000167. The Morgan fingerprint density at radius 1 is 0.771 bits per heavy atom. The van der Waals surface area contributed by atoms with Crippen LogP contribution in [-0.4, -0.2) is 86.5 Å². The molecule has 0 aliphatic heterocycles. The summed E-state index contributed by atoms with van der Waals surface area (Å²) in [5.74, 6) is -0.518. The number of hydrogen-bond donors (Lipinski definition) is 3. The van der Waals surface area contributed by atoms with Gasteiger partial charge in [-0.3, -0.25) is 28.9 Å². The number of hydrogen-bond acceptors (Lipinski definition) is 14. The monoisotopic (exact) mass is 958 g/mol. The number of benzene rings is 2. The summed E-state index contributed by atoms with van der Waals surface area (Å²) in [4.78, 5) is 58.8. The van der Waals surface area contributed by atoms with Crippen LogP contribution in [0.5, 0.6) is 0 Å². The largest absolute Gasteiger partial charge is 0.394 e. The van der Waals surface area contributed by atoms with Gasteiger partial charge in [0, 0.05) is 83.3 Å². The van der Waals surface area contributed by atoms with E-state index < -0.39 is 11.8 Å². The number of aryl methyl sites for hydroxylation is 2. The number of aromatic nitrogens is 10. The van der Waals surface area contributed by atoms with Crippen LogP contribution in [0.4, 0.5) is 17.3 Å². The number of nitrogens with zero attached hydrogens (tertiary/aromatic N) is 12. The first-order valence-corrected chi connectivity index (χ1v) is 23.0. The lowest BCUT2D eigenvalue weighted by Crippen LogP contribution is -2.13. The molecule has 0 saturated heterocycles. The quantitative estimate of drug-likeness (QED) is 0.0782. The Labute approximate surface area is 409 Å². The molecule has 0 saturated carbocycles. The molecular weight excluding hydrogens is 908 g/mol. The van der Waals surface area contributed by atoms with Crippen molar-refractivity contribution in [3.63, 3.8) is 0 Å². The SMILES string of the molecule is COCCO.NCc1cccnc1.[C-]#[N+]c1ccc2c(c1)C(c1nc(Cl)nc3nn(CCC)cc13)C(=O)C2.[C-]#[N+]c1ccc2c(c1)C(c1nc(NCc3cccnc3)nc3nn(CCC)cc13)C(=O)C2. The lowest BCUT2D eigenvalue weighted by Gasteiger charge is -2.13. The minimum absolute atomic E-state index is 0.0523. The molecule has 2 aromatic carbocycles. The second-order valence-corrected chi connectivity index (χ2v) is 16.5. The van der Waals surface area contributed by atoms with Crippen molar-refractivity contribution in [3.05, 3.63) is 171 Å². The highest BCUT2D eigenvalue weighted by molar-refractivity contribution is 6.28. The summed E-state index contributed by atoms with van der Waals surface area (Å²) in [7, 11) is 1.55. The number of methoxy groups -OCH3 is 1. The molecule has 19 heteroatoms.